The highest BCUT2D eigenvalue weighted by atomic mass is 19.1. The maximum absolute atomic E-state index is 13.8. The molecule has 5 heteroatoms. The van der Waals surface area contributed by atoms with E-state index in [0.29, 0.717) is 31.4 Å². The highest BCUT2D eigenvalue weighted by Gasteiger charge is 2.26. The first-order valence-corrected chi connectivity index (χ1v) is 8.09. The molecular weight excluding hydrogens is 283 g/mol. The molecule has 2 aliphatic rings. The number of hydrogen-bond donors (Lipinski definition) is 1. The van der Waals surface area contributed by atoms with Crippen molar-refractivity contribution < 1.29 is 13.9 Å². The maximum Gasteiger partial charge on any atom is 0.223 e. The van der Waals surface area contributed by atoms with Crippen LogP contribution in [0.25, 0.3) is 0 Å². The Morgan fingerprint density at radius 2 is 2.05 bits per heavy atom. The Balaban J connectivity index is 1.47. The topological polar surface area (TPSA) is 41.6 Å². The molecule has 2 aliphatic heterocycles. The fourth-order valence-corrected chi connectivity index (χ4v) is 3.28. The highest BCUT2D eigenvalue weighted by Crippen LogP contribution is 2.26. The van der Waals surface area contributed by atoms with Gasteiger partial charge in [-0.1, -0.05) is 12.1 Å². The van der Waals surface area contributed by atoms with Crippen molar-refractivity contribution >= 4 is 11.6 Å². The molecule has 3 rings (SSSR count). The summed E-state index contributed by atoms with van der Waals surface area (Å²) in [6.45, 7) is 3.69. The smallest absolute Gasteiger partial charge is 0.223 e. The molecule has 120 valence electrons. The number of carbonyl (C=O) groups is 1. The lowest BCUT2D eigenvalue weighted by Crippen LogP contribution is -2.37. The van der Waals surface area contributed by atoms with Crippen molar-refractivity contribution in [3.8, 4) is 0 Å². The summed E-state index contributed by atoms with van der Waals surface area (Å²) in [4.78, 5) is 14.2. The summed E-state index contributed by atoms with van der Waals surface area (Å²) in [6, 6.07) is 6.88. The first-order chi connectivity index (χ1) is 10.7. The molecule has 0 aliphatic carbocycles. The van der Waals surface area contributed by atoms with Gasteiger partial charge in [0, 0.05) is 38.8 Å². The summed E-state index contributed by atoms with van der Waals surface area (Å²) >= 11 is 0. The van der Waals surface area contributed by atoms with Gasteiger partial charge in [-0.15, -0.1) is 0 Å². The molecule has 2 fully saturated rings. The quantitative estimate of drug-likeness (QED) is 0.927. The number of halogens is 1. The fourth-order valence-electron chi connectivity index (χ4n) is 3.28. The molecule has 1 atom stereocenters. The molecule has 0 unspecified atom stereocenters. The molecule has 1 N–H and O–H groups in total. The second-order valence-corrected chi connectivity index (χ2v) is 6.18. The first-order valence-electron chi connectivity index (χ1n) is 8.09. The van der Waals surface area contributed by atoms with Gasteiger partial charge in [0.2, 0.25) is 5.91 Å². The lowest BCUT2D eigenvalue weighted by atomic mass is 9.99. The number of benzene rings is 1. The standard InChI is InChI=1S/C17H23FN2O2/c18-15-3-1-2-4-16(15)20-8-5-13(12-20)11-19-17(21)14-6-9-22-10-7-14/h1-4,13-14H,5-12H2,(H,19,21)/t13-/m0/s1. The van der Waals surface area contributed by atoms with Crippen molar-refractivity contribution in [2.24, 2.45) is 11.8 Å². The average Bonchev–Trinajstić information content (AvgIpc) is 3.02. The Morgan fingerprint density at radius 3 is 2.82 bits per heavy atom. The van der Waals surface area contributed by atoms with E-state index in [4.69, 9.17) is 4.74 Å². The fraction of sp³-hybridized carbons (Fsp3) is 0.588. The van der Waals surface area contributed by atoms with E-state index in [9.17, 15) is 9.18 Å². The number of para-hydroxylation sites is 1. The van der Waals surface area contributed by atoms with Crippen molar-refractivity contribution in [3.63, 3.8) is 0 Å². The van der Waals surface area contributed by atoms with Gasteiger partial charge in [-0.25, -0.2) is 4.39 Å². The molecule has 0 bridgehead atoms. The minimum absolute atomic E-state index is 0.0952. The Morgan fingerprint density at radius 1 is 1.27 bits per heavy atom. The molecule has 2 saturated heterocycles. The largest absolute Gasteiger partial charge is 0.381 e. The molecule has 1 aromatic carbocycles. The molecule has 0 spiro atoms. The summed E-state index contributed by atoms with van der Waals surface area (Å²) in [5.74, 6) is 0.461. The lowest BCUT2D eigenvalue weighted by Gasteiger charge is -2.22. The minimum Gasteiger partial charge on any atom is -0.381 e. The number of nitrogens with zero attached hydrogens (tertiary/aromatic N) is 1. The third kappa shape index (κ3) is 3.58. The van der Waals surface area contributed by atoms with Crippen LogP contribution in [-0.4, -0.2) is 38.8 Å². The van der Waals surface area contributed by atoms with Gasteiger partial charge in [-0.05, 0) is 37.3 Å². The number of hydrogen-bond acceptors (Lipinski definition) is 3. The van der Waals surface area contributed by atoms with Crippen LogP contribution < -0.4 is 10.2 Å². The SMILES string of the molecule is O=C(NC[C@@H]1CCN(c2ccccc2F)C1)C1CCOCC1. The van der Waals surface area contributed by atoms with E-state index in [1.807, 2.05) is 12.1 Å². The maximum atomic E-state index is 13.8. The Kier molecular flexibility index (Phi) is 4.93. The van der Waals surface area contributed by atoms with Gasteiger partial charge in [-0.2, -0.15) is 0 Å². The van der Waals surface area contributed by atoms with Crippen molar-refractivity contribution in [1.82, 2.24) is 5.32 Å². The highest BCUT2D eigenvalue weighted by molar-refractivity contribution is 5.78. The number of rotatable bonds is 4. The third-order valence-electron chi connectivity index (χ3n) is 4.64. The minimum atomic E-state index is -0.172. The van der Waals surface area contributed by atoms with Gasteiger partial charge in [0.1, 0.15) is 5.82 Å². The molecule has 0 aromatic heterocycles. The van der Waals surface area contributed by atoms with Crippen molar-refractivity contribution in [2.75, 3.05) is 37.7 Å². The van der Waals surface area contributed by atoms with Crippen LogP contribution in [0.2, 0.25) is 0 Å². The first kappa shape index (κ1) is 15.3. The van der Waals surface area contributed by atoms with Crippen molar-refractivity contribution in [3.05, 3.63) is 30.1 Å². The molecule has 2 heterocycles. The van der Waals surface area contributed by atoms with Crippen LogP contribution in [0.5, 0.6) is 0 Å². The summed E-state index contributed by atoms with van der Waals surface area (Å²) in [5.41, 5.74) is 0.667. The summed E-state index contributed by atoms with van der Waals surface area (Å²) < 4.78 is 19.1. The number of nitrogens with one attached hydrogen (secondary N) is 1. The van der Waals surface area contributed by atoms with Gasteiger partial charge in [0.05, 0.1) is 5.69 Å². The zero-order chi connectivity index (χ0) is 15.4. The lowest BCUT2D eigenvalue weighted by molar-refractivity contribution is -0.128. The summed E-state index contributed by atoms with van der Waals surface area (Å²) in [5, 5.41) is 3.07. The van der Waals surface area contributed by atoms with E-state index in [2.05, 4.69) is 10.2 Å². The van der Waals surface area contributed by atoms with Gasteiger partial charge in [0.25, 0.3) is 0 Å². The third-order valence-corrected chi connectivity index (χ3v) is 4.64. The molecule has 1 aromatic rings. The van der Waals surface area contributed by atoms with Crippen LogP contribution in [0.3, 0.4) is 0 Å². The van der Waals surface area contributed by atoms with E-state index in [1.165, 1.54) is 6.07 Å². The normalized spacial score (nSPS) is 22.8. The van der Waals surface area contributed by atoms with Crippen LogP contribution in [0.15, 0.2) is 24.3 Å². The van der Waals surface area contributed by atoms with E-state index < -0.39 is 0 Å². The second kappa shape index (κ2) is 7.09. The molecule has 0 saturated carbocycles. The molecule has 22 heavy (non-hydrogen) atoms. The van der Waals surface area contributed by atoms with Crippen molar-refractivity contribution in [2.45, 2.75) is 19.3 Å². The van der Waals surface area contributed by atoms with Crippen LogP contribution >= 0.6 is 0 Å². The van der Waals surface area contributed by atoms with Crippen LogP contribution in [0.4, 0.5) is 10.1 Å². The molecular formula is C17H23FN2O2. The predicted molar refractivity (Wildman–Crippen MR) is 83.3 cm³/mol. The van der Waals surface area contributed by atoms with Gasteiger partial charge >= 0.3 is 0 Å². The van der Waals surface area contributed by atoms with Crippen LogP contribution in [-0.2, 0) is 9.53 Å². The van der Waals surface area contributed by atoms with E-state index in [1.54, 1.807) is 6.07 Å². The van der Waals surface area contributed by atoms with E-state index in [-0.39, 0.29) is 17.6 Å². The summed E-state index contributed by atoms with van der Waals surface area (Å²) in [7, 11) is 0. The number of carbonyl (C=O) groups excluding carboxylic acids is 1. The zero-order valence-electron chi connectivity index (χ0n) is 12.8. The van der Waals surface area contributed by atoms with Crippen LogP contribution in [0.1, 0.15) is 19.3 Å². The predicted octanol–water partition coefficient (Wildman–Crippen LogP) is 2.19. The van der Waals surface area contributed by atoms with E-state index in [0.717, 1.165) is 32.4 Å². The van der Waals surface area contributed by atoms with Gasteiger partial charge in [-0.3, -0.25) is 4.79 Å². The van der Waals surface area contributed by atoms with Gasteiger partial charge in [0.15, 0.2) is 0 Å². The molecule has 4 nitrogen and oxygen atoms in total. The Bertz CT molecular complexity index is 517. The Hall–Kier alpha value is -1.62. The summed E-state index contributed by atoms with van der Waals surface area (Å²) in [6.07, 6.45) is 2.62. The van der Waals surface area contributed by atoms with Gasteiger partial charge < -0.3 is 15.0 Å². The zero-order valence-corrected chi connectivity index (χ0v) is 12.8. The van der Waals surface area contributed by atoms with Crippen LogP contribution in [0, 0.1) is 17.7 Å². The van der Waals surface area contributed by atoms with Crippen molar-refractivity contribution in [1.29, 1.82) is 0 Å². The average molecular weight is 306 g/mol. The second-order valence-electron chi connectivity index (χ2n) is 6.18. The Labute approximate surface area is 130 Å². The number of amides is 1. The number of anilines is 1. The monoisotopic (exact) mass is 306 g/mol. The molecule has 0 radical (unpaired) electrons. The molecule has 1 amide bonds. The van der Waals surface area contributed by atoms with E-state index >= 15 is 0 Å². The number of ether oxygens (including phenoxy) is 1.